The number of amides is 2. The molecule has 0 aromatic carbocycles. The van der Waals surface area contributed by atoms with Gasteiger partial charge in [0, 0.05) is 39.1 Å². The molecule has 0 aromatic rings. The van der Waals surface area contributed by atoms with Crippen LogP contribution in [0.2, 0.25) is 0 Å². The summed E-state index contributed by atoms with van der Waals surface area (Å²) in [5, 5.41) is 3.31. The van der Waals surface area contributed by atoms with Crippen molar-refractivity contribution < 1.29 is 19.1 Å². The van der Waals surface area contributed by atoms with Gasteiger partial charge in [-0.2, -0.15) is 0 Å². The van der Waals surface area contributed by atoms with Crippen molar-refractivity contribution in [2.24, 2.45) is 5.41 Å². The number of hydrogen-bond acceptors (Lipinski definition) is 5. The van der Waals surface area contributed by atoms with Crippen LogP contribution in [-0.4, -0.2) is 86.3 Å². The summed E-state index contributed by atoms with van der Waals surface area (Å²) >= 11 is 0. The minimum absolute atomic E-state index is 0. The predicted octanol–water partition coefficient (Wildman–Crippen LogP) is 1.05. The number of rotatable bonds is 5. The van der Waals surface area contributed by atoms with Crippen LogP contribution in [-0.2, 0) is 19.1 Å². The molecule has 0 aliphatic carbocycles. The zero-order valence-electron chi connectivity index (χ0n) is 16.6. The Morgan fingerprint density at radius 1 is 1.04 bits per heavy atom. The van der Waals surface area contributed by atoms with Gasteiger partial charge in [-0.15, -0.1) is 12.4 Å². The molecular weight excluding hydrogens is 370 g/mol. The third-order valence-electron chi connectivity index (χ3n) is 6.02. The number of halogens is 1. The Balaban J connectivity index is 0.00000261. The van der Waals surface area contributed by atoms with E-state index in [4.69, 9.17) is 9.47 Å². The van der Waals surface area contributed by atoms with E-state index < -0.39 is 5.41 Å². The van der Waals surface area contributed by atoms with E-state index in [1.54, 1.807) is 0 Å². The van der Waals surface area contributed by atoms with E-state index >= 15 is 0 Å². The summed E-state index contributed by atoms with van der Waals surface area (Å²) in [5.74, 6) is 0.210. The summed E-state index contributed by atoms with van der Waals surface area (Å²) in [6.07, 6.45) is 3.06. The molecule has 3 saturated heterocycles. The number of ether oxygens (including phenoxy) is 2. The molecule has 8 heteroatoms. The van der Waals surface area contributed by atoms with E-state index in [-0.39, 0.29) is 36.4 Å². The highest BCUT2D eigenvalue weighted by Crippen LogP contribution is 2.34. The molecule has 0 bridgehead atoms. The van der Waals surface area contributed by atoms with Crippen LogP contribution in [0.5, 0.6) is 0 Å². The molecule has 27 heavy (non-hydrogen) atoms. The van der Waals surface area contributed by atoms with E-state index in [1.807, 2.05) is 9.80 Å². The van der Waals surface area contributed by atoms with Crippen LogP contribution in [0, 0.1) is 5.41 Å². The van der Waals surface area contributed by atoms with Gasteiger partial charge in [-0.3, -0.25) is 9.59 Å². The highest BCUT2D eigenvalue weighted by Gasteiger charge is 2.46. The standard InChI is InChI=1S/C19H33N3O4.ClH/c1-3-15-12-21(7-9-25-15)17(23)11-19(5-6-20-14-19)18(24)22-8-10-26-16(4-2)13-22;/h15-16,20H,3-14H2,1-2H3;1H. The predicted molar refractivity (Wildman–Crippen MR) is 105 cm³/mol. The molecule has 0 aromatic heterocycles. The SMILES string of the molecule is CCC1CN(C(=O)CC2(C(=O)N3CCOC(CC)C3)CCNC2)CCO1.Cl. The Hall–Kier alpha value is -0.890. The Labute approximate surface area is 168 Å². The van der Waals surface area contributed by atoms with Crippen molar-refractivity contribution in [1.29, 1.82) is 0 Å². The number of morpholine rings is 2. The smallest absolute Gasteiger partial charge is 0.230 e. The minimum Gasteiger partial charge on any atom is -0.375 e. The minimum atomic E-state index is -0.604. The Morgan fingerprint density at radius 2 is 1.63 bits per heavy atom. The molecule has 3 aliphatic heterocycles. The lowest BCUT2D eigenvalue weighted by Gasteiger charge is -2.40. The van der Waals surface area contributed by atoms with Gasteiger partial charge in [-0.05, 0) is 25.8 Å². The topological polar surface area (TPSA) is 71.1 Å². The van der Waals surface area contributed by atoms with Crippen LogP contribution in [0.1, 0.15) is 39.5 Å². The first kappa shape index (κ1) is 22.4. The van der Waals surface area contributed by atoms with Gasteiger partial charge >= 0.3 is 0 Å². The third-order valence-corrected chi connectivity index (χ3v) is 6.02. The fourth-order valence-electron chi connectivity index (χ4n) is 4.23. The summed E-state index contributed by atoms with van der Waals surface area (Å²) in [5.41, 5.74) is -0.604. The van der Waals surface area contributed by atoms with E-state index in [1.165, 1.54) is 0 Å². The van der Waals surface area contributed by atoms with Crippen LogP contribution in [0.15, 0.2) is 0 Å². The van der Waals surface area contributed by atoms with Crippen molar-refractivity contribution in [2.75, 3.05) is 52.5 Å². The Bertz CT molecular complexity index is 513. The van der Waals surface area contributed by atoms with Gasteiger partial charge in [-0.25, -0.2) is 0 Å². The molecule has 3 unspecified atom stereocenters. The van der Waals surface area contributed by atoms with Gasteiger partial charge in [0.2, 0.25) is 11.8 Å². The lowest BCUT2D eigenvalue weighted by Crippen LogP contribution is -2.54. The first-order valence-electron chi connectivity index (χ1n) is 10.1. The van der Waals surface area contributed by atoms with E-state index in [0.29, 0.717) is 52.4 Å². The first-order chi connectivity index (χ1) is 12.6. The van der Waals surface area contributed by atoms with Crippen molar-refractivity contribution in [2.45, 2.75) is 51.7 Å². The van der Waals surface area contributed by atoms with Crippen molar-refractivity contribution in [3.05, 3.63) is 0 Å². The van der Waals surface area contributed by atoms with Crippen LogP contribution in [0.3, 0.4) is 0 Å². The lowest BCUT2D eigenvalue weighted by molar-refractivity contribution is -0.154. The van der Waals surface area contributed by atoms with Crippen molar-refractivity contribution in [3.63, 3.8) is 0 Å². The monoisotopic (exact) mass is 403 g/mol. The quantitative estimate of drug-likeness (QED) is 0.743. The van der Waals surface area contributed by atoms with E-state index in [0.717, 1.165) is 25.8 Å². The third kappa shape index (κ3) is 5.13. The molecular formula is C19H34ClN3O4. The summed E-state index contributed by atoms with van der Waals surface area (Å²) in [6.45, 7) is 9.25. The second-order valence-electron chi connectivity index (χ2n) is 7.78. The van der Waals surface area contributed by atoms with Crippen LogP contribution in [0.25, 0.3) is 0 Å². The Kier molecular flexibility index (Phi) is 8.34. The zero-order chi connectivity index (χ0) is 18.6. The highest BCUT2D eigenvalue weighted by molar-refractivity contribution is 5.89. The van der Waals surface area contributed by atoms with Gasteiger partial charge in [0.05, 0.1) is 30.8 Å². The summed E-state index contributed by atoms with van der Waals surface area (Å²) in [7, 11) is 0. The molecule has 3 heterocycles. The van der Waals surface area contributed by atoms with Gasteiger partial charge in [0.25, 0.3) is 0 Å². The zero-order valence-corrected chi connectivity index (χ0v) is 17.4. The largest absolute Gasteiger partial charge is 0.375 e. The fourth-order valence-corrected chi connectivity index (χ4v) is 4.23. The summed E-state index contributed by atoms with van der Waals surface area (Å²) in [6, 6.07) is 0. The van der Waals surface area contributed by atoms with Crippen LogP contribution in [0.4, 0.5) is 0 Å². The fraction of sp³-hybridized carbons (Fsp3) is 0.895. The van der Waals surface area contributed by atoms with Crippen molar-refractivity contribution in [1.82, 2.24) is 15.1 Å². The molecule has 156 valence electrons. The molecule has 0 spiro atoms. The highest BCUT2D eigenvalue weighted by atomic mass is 35.5. The molecule has 3 atom stereocenters. The molecule has 7 nitrogen and oxygen atoms in total. The second-order valence-corrected chi connectivity index (χ2v) is 7.78. The van der Waals surface area contributed by atoms with Gasteiger partial charge in [-0.1, -0.05) is 13.8 Å². The molecule has 2 amide bonds. The average Bonchev–Trinajstić information content (AvgIpc) is 3.17. The van der Waals surface area contributed by atoms with E-state index in [9.17, 15) is 9.59 Å². The number of carbonyl (C=O) groups is 2. The lowest BCUT2D eigenvalue weighted by atomic mass is 9.81. The maximum Gasteiger partial charge on any atom is 0.230 e. The normalized spacial score (nSPS) is 31.5. The molecule has 1 N–H and O–H groups in total. The molecule has 3 aliphatic rings. The first-order valence-corrected chi connectivity index (χ1v) is 10.1. The number of nitrogens with zero attached hydrogens (tertiary/aromatic N) is 2. The van der Waals surface area contributed by atoms with Gasteiger partial charge in [0.15, 0.2) is 0 Å². The number of carbonyl (C=O) groups excluding carboxylic acids is 2. The van der Waals surface area contributed by atoms with Crippen molar-refractivity contribution >= 4 is 24.2 Å². The maximum absolute atomic E-state index is 13.4. The molecule has 0 saturated carbocycles. The van der Waals surface area contributed by atoms with Crippen LogP contribution < -0.4 is 5.32 Å². The van der Waals surface area contributed by atoms with E-state index in [2.05, 4.69) is 19.2 Å². The molecule has 3 rings (SSSR count). The number of nitrogens with one attached hydrogen (secondary N) is 1. The molecule has 0 radical (unpaired) electrons. The molecule has 3 fully saturated rings. The second kappa shape index (κ2) is 10.0. The van der Waals surface area contributed by atoms with Crippen molar-refractivity contribution in [3.8, 4) is 0 Å². The Morgan fingerprint density at radius 3 is 2.19 bits per heavy atom. The van der Waals surface area contributed by atoms with Gasteiger partial charge in [0.1, 0.15) is 0 Å². The summed E-state index contributed by atoms with van der Waals surface area (Å²) < 4.78 is 11.4. The number of hydrogen-bond donors (Lipinski definition) is 1. The maximum atomic E-state index is 13.4. The van der Waals surface area contributed by atoms with Gasteiger partial charge < -0.3 is 24.6 Å². The van der Waals surface area contributed by atoms with Crippen LogP contribution >= 0.6 is 12.4 Å². The average molecular weight is 404 g/mol. The summed E-state index contributed by atoms with van der Waals surface area (Å²) in [4.78, 5) is 30.1.